The number of methoxy groups -OCH3 is 1. The van der Waals surface area contributed by atoms with Crippen LogP contribution in [0, 0.1) is 5.92 Å². The van der Waals surface area contributed by atoms with E-state index >= 15 is 0 Å². The molecule has 1 atom stereocenters. The summed E-state index contributed by atoms with van der Waals surface area (Å²) in [5.74, 6) is 1.44. The summed E-state index contributed by atoms with van der Waals surface area (Å²) >= 11 is 0. The van der Waals surface area contributed by atoms with Gasteiger partial charge in [-0.2, -0.15) is 0 Å². The van der Waals surface area contributed by atoms with Crippen LogP contribution in [0.25, 0.3) is 0 Å². The maximum Gasteiger partial charge on any atom is 0.271 e. The Balaban J connectivity index is 2.31. The average Bonchev–Trinajstić information content (AvgIpc) is 2.50. The van der Waals surface area contributed by atoms with E-state index in [9.17, 15) is 4.79 Å². The summed E-state index contributed by atoms with van der Waals surface area (Å²) in [6.07, 6.45) is 7.32. The number of allylic oxidation sites excluding steroid dienone is 3. The summed E-state index contributed by atoms with van der Waals surface area (Å²) in [4.78, 5) is 14.9. The number of amides is 1. The van der Waals surface area contributed by atoms with Crippen molar-refractivity contribution in [2.24, 2.45) is 5.92 Å². The molecule has 2 rings (SSSR count). The molecule has 0 saturated carbocycles. The molecular formula is C17H27NO3. The molecule has 1 heterocycles. The Morgan fingerprint density at radius 1 is 1.43 bits per heavy atom. The third kappa shape index (κ3) is 3.00. The van der Waals surface area contributed by atoms with Gasteiger partial charge < -0.3 is 14.4 Å². The van der Waals surface area contributed by atoms with E-state index in [1.807, 2.05) is 24.8 Å². The van der Waals surface area contributed by atoms with Gasteiger partial charge >= 0.3 is 0 Å². The van der Waals surface area contributed by atoms with Gasteiger partial charge in [0.05, 0.1) is 5.70 Å². The molecule has 0 aromatic rings. The summed E-state index contributed by atoms with van der Waals surface area (Å²) in [5, 5.41) is 0. The van der Waals surface area contributed by atoms with E-state index in [-0.39, 0.29) is 5.91 Å². The third-order valence-corrected chi connectivity index (χ3v) is 4.51. The first-order valence-corrected chi connectivity index (χ1v) is 7.99. The highest BCUT2D eigenvalue weighted by atomic mass is 16.5. The number of rotatable bonds is 6. The molecule has 21 heavy (non-hydrogen) atoms. The first-order valence-electron chi connectivity index (χ1n) is 7.99. The molecule has 1 amide bonds. The Hall–Kier alpha value is -1.29. The summed E-state index contributed by atoms with van der Waals surface area (Å²) in [6.45, 7) is 7.59. The van der Waals surface area contributed by atoms with Crippen LogP contribution in [0.4, 0.5) is 0 Å². The van der Waals surface area contributed by atoms with Crippen LogP contribution in [0.2, 0.25) is 0 Å². The monoisotopic (exact) mass is 293 g/mol. The van der Waals surface area contributed by atoms with Gasteiger partial charge in [0.1, 0.15) is 5.76 Å². The van der Waals surface area contributed by atoms with Crippen LogP contribution in [0.3, 0.4) is 0 Å². The van der Waals surface area contributed by atoms with Crippen LogP contribution in [0.1, 0.15) is 46.5 Å². The second-order valence-corrected chi connectivity index (χ2v) is 5.96. The highest BCUT2D eigenvalue weighted by Crippen LogP contribution is 2.39. The van der Waals surface area contributed by atoms with Crippen molar-refractivity contribution in [3.8, 4) is 0 Å². The van der Waals surface area contributed by atoms with E-state index < -0.39 is 5.60 Å². The fraction of sp³-hybridized carbons (Fsp3) is 0.706. The molecule has 4 heteroatoms. The van der Waals surface area contributed by atoms with Gasteiger partial charge in [-0.05, 0) is 37.7 Å². The number of carbonyl (C=O) groups excluding carboxylic acids is 1. The number of hydrogen-bond acceptors (Lipinski definition) is 3. The second-order valence-electron chi connectivity index (χ2n) is 5.96. The van der Waals surface area contributed by atoms with Crippen LogP contribution in [-0.2, 0) is 14.3 Å². The minimum Gasteiger partial charge on any atom is -0.476 e. The normalized spacial score (nSPS) is 24.1. The maximum absolute atomic E-state index is 13.0. The van der Waals surface area contributed by atoms with Crippen molar-refractivity contribution in [2.75, 3.05) is 20.3 Å². The van der Waals surface area contributed by atoms with Crippen LogP contribution in [-0.4, -0.2) is 36.7 Å². The molecule has 4 nitrogen and oxygen atoms in total. The van der Waals surface area contributed by atoms with Crippen molar-refractivity contribution in [1.29, 1.82) is 0 Å². The summed E-state index contributed by atoms with van der Waals surface area (Å²) in [5.41, 5.74) is 0.347. The Morgan fingerprint density at radius 2 is 2.14 bits per heavy atom. The molecule has 1 aliphatic heterocycles. The molecule has 0 radical (unpaired) electrons. The van der Waals surface area contributed by atoms with Crippen LogP contribution >= 0.6 is 0 Å². The van der Waals surface area contributed by atoms with Crippen molar-refractivity contribution in [3.63, 3.8) is 0 Å². The molecule has 0 saturated heterocycles. The SMILES string of the molecule is CCC1(CC)OC2=C(CC(C)C=C2)N(CCCOC)C1=O. The zero-order valence-corrected chi connectivity index (χ0v) is 13.6. The molecular weight excluding hydrogens is 266 g/mol. The smallest absolute Gasteiger partial charge is 0.271 e. The van der Waals surface area contributed by atoms with Gasteiger partial charge in [-0.15, -0.1) is 0 Å². The number of hydrogen-bond donors (Lipinski definition) is 0. The zero-order valence-electron chi connectivity index (χ0n) is 13.6. The second kappa shape index (κ2) is 6.65. The molecule has 0 N–H and O–H groups in total. The fourth-order valence-electron chi connectivity index (χ4n) is 3.08. The Morgan fingerprint density at radius 3 is 2.76 bits per heavy atom. The van der Waals surface area contributed by atoms with Gasteiger partial charge in [0.2, 0.25) is 0 Å². The van der Waals surface area contributed by atoms with Crippen LogP contribution in [0.15, 0.2) is 23.6 Å². The molecule has 0 bridgehead atoms. The molecule has 0 aromatic carbocycles. The van der Waals surface area contributed by atoms with Gasteiger partial charge in [0.25, 0.3) is 5.91 Å². The average molecular weight is 293 g/mol. The molecule has 118 valence electrons. The van der Waals surface area contributed by atoms with Crippen molar-refractivity contribution >= 4 is 5.91 Å². The van der Waals surface area contributed by atoms with Gasteiger partial charge in [0, 0.05) is 20.3 Å². The fourth-order valence-corrected chi connectivity index (χ4v) is 3.08. The lowest BCUT2D eigenvalue weighted by Crippen LogP contribution is -2.54. The van der Waals surface area contributed by atoms with Crippen LogP contribution < -0.4 is 0 Å². The predicted molar refractivity (Wildman–Crippen MR) is 82.6 cm³/mol. The summed E-state index contributed by atoms with van der Waals surface area (Å²) in [7, 11) is 1.69. The van der Waals surface area contributed by atoms with Gasteiger partial charge in [-0.1, -0.05) is 26.8 Å². The number of carbonyl (C=O) groups is 1. The van der Waals surface area contributed by atoms with Gasteiger partial charge in [-0.25, -0.2) is 0 Å². The van der Waals surface area contributed by atoms with E-state index in [0.29, 0.717) is 31.9 Å². The number of ether oxygens (including phenoxy) is 2. The van der Waals surface area contributed by atoms with Gasteiger partial charge in [-0.3, -0.25) is 4.79 Å². The highest BCUT2D eigenvalue weighted by molar-refractivity contribution is 5.88. The molecule has 0 aromatic heterocycles. The minimum absolute atomic E-state index is 0.116. The molecule has 2 aliphatic rings. The lowest BCUT2D eigenvalue weighted by atomic mass is 9.89. The molecule has 0 spiro atoms. The standard InChI is InChI=1S/C17H27NO3/c1-5-17(6-2)16(19)18(10-7-11-20-4)14-12-13(3)8-9-15(14)21-17/h8-9,13H,5-7,10-12H2,1-4H3. The summed E-state index contributed by atoms with van der Waals surface area (Å²) < 4.78 is 11.3. The van der Waals surface area contributed by atoms with Crippen molar-refractivity contribution in [2.45, 2.75) is 52.1 Å². The van der Waals surface area contributed by atoms with E-state index in [2.05, 4.69) is 13.0 Å². The molecule has 1 unspecified atom stereocenters. The number of nitrogens with zero attached hydrogens (tertiary/aromatic N) is 1. The summed E-state index contributed by atoms with van der Waals surface area (Å²) in [6, 6.07) is 0. The lowest BCUT2D eigenvalue weighted by Gasteiger charge is -2.44. The maximum atomic E-state index is 13.0. The van der Waals surface area contributed by atoms with E-state index in [1.54, 1.807) is 7.11 Å². The Bertz CT molecular complexity index is 449. The first kappa shape index (κ1) is 16.1. The third-order valence-electron chi connectivity index (χ3n) is 4.51. The molecule has 1 aliphatic carbocycles. The lowest BCUT2D eigenvalue weighted by molar-refractivity contribution is -0.158. The van der Waals surface area contributed by atoms with E-state index in [1.165, 1.54) is 0 Å². The quantitative estimate of drug-likeness (QED) is 0.706. The first-order chi connectivity index (χ1) is 10.1. The Labute approximate surface area is 127 Å². The zero-order chi connectivity index (χ0) is 15.5. The largest absolute Gasteiger partial charge is 0.476 e. The van der Waals surface area contributed by atoms with Gasteiger partial charge in [0.15, 0.2) is 5.60 Å². The Kier molecular flexibility index (Phi) is 5.09. The van der Waals surface area contributed by atoms with E-state index in [4.69, 9.17) is 9.47 Å². The van der Waals surface area contributed by atoms with E-state index in [0.717, 1.165) is 24.3 Å². The van der Waals surface area contributed by atoms with Crippen molar-refractivity contribution in [1.82, 2.24) is 4.90 Å². The van der Waals surface area contributed by atoms with Crippen molar-refractivity contribution < 1.29 is 14.3 Å². The molecule has 0 fully saturated rings. The predicted octanol–water partition coefficient (Wildman–Crippen LogP) is 3.25. The highest BCUT2D eigenvalue weighted by Gasteiger charge is 2.46. The van der Waals surface area contributed by atoms with Crippen LogP contribution in [0.5, 0.6) is 0 Å². The minimum atomic E-state index is -0.698. The van der Waals surface area contributed by atoms with Crippen molar-refractivity contribution in [3.05, 3.63) is 23.6 Å². The topological polar surface area (TPSA) is 38.8 Å².